The van der Waals surface area contributed by atoms with E-state index in [9.17, 15) is 4.79 Å². The van der Waals surface area contributed by atoms with Crippen LogP contribution >= 0.6 is 23.1 Å². The third-order valence-corrected chi connectivity index (χ3v) is 5.42. The number of rotatable bonds is 6. The van der Waals surface area contributed by atoms with Crippen LogP contribution in [0, 0.1) is 6.92 Å². The number of thiophene rings is 1. The van der Waals surface area contributed by atoms with E-state index in [0.29, 0.717) is 17.0 Å². The van der Waals surface area contributed by atoms with Gasteiger partial charge in [0.05, 0.1) is 15.5 Å². The van der Waals surface area contributed by atoms with Gasteiger partial charge in [-0.3, -0.25) is 4.79 Å². The van der Waals surface area contributed by atoms with E-state index < -0.39 is 0 Å². The number of hydrogen-bond acceptors (Lipinski definition) is 5. The number of nitrogens with one attached hydrogen (secondary N) is 1. The van der Waals surface area contributed by atoms with Crippen molar-refractivity contribution in [3.63, 3.8) is 0 Å². The fraction of sp³-hybridized carbons (Fsp3) is 0.312. The Labute approximate surface area is 133 Å². The third-order valence-electron chi connectivity index (χ3n) is 3.25. The van der Waals surface area contributed by atoms with Crippen molar-refractivity contribution in [2.45, 2.75) is 31.7 Å². The molecule has 3 nitrogen and oxygen atoms in total. The molecule has 0 saturated heterocycles. The highest BCUT2D eigenvalue weighted by Crippen LogP contribution is 2.42. The van der Waals surface area contributed by atoms with Crippen LogP contribution in [0.2, 0.25) is 0 Å². The predicted octanol–water partition coefficient (Wildman–Crippen LogP) is 4.57. The maximum absolute atomic E-state index is 11.9. The van der Waals surface area contributed by atoms with Gasteiger partial charge >= 0.3 is 0 Å². The smallest absolute Gasteiger partial charge is 0.174 e. The first-order valence-corrected chi connectivity index (χ1v) is 8.89. The number of anilines is 2. The molecule has 21 heavy (non-hydrogen) atoms. The molecule has 3 N–H and O–H groups in total. The molecule has 5 heteroatoms. The minimum Gasteiger partial charge on any atom is -0.396 e. The number of Topliss-reactive ketones (excluding diaryl/α,β-unsaturated/α-hetero) is 1. The van der Waals surface area contributed by atoms with Crippen LogP contribution in [0.5, 0.6) is 0 Å². The van der Waals surface area contributed by atoms with Gasteiger partial charge in [-0.15, -0.1) is 23.1 Å². The molecule has 0 saturated carbocycles. The van der Waals surface area contributed by atoms with Crippen LogP contribution in [-0.2, 0) is 6.54 Å². The van der Waals surface area contributed by atoms with Gasteiger partial charge in [0.15, 0.2) is 5.78 Å². The molecule has 1 aromatic carbocycles. The molecule has 1 heterocycles. The lowest BCUT2D eigenvalue weighted by Crippen LogP contribution is -1.99. The predicted molar refractivity (Wildman–Crippen MR) is 93.6 cm³/mol. The average molecular weight is 320 g/mol. The van der Waals surface area contributed by atoms with E-state index in [0.717, 1.165) is 16.4 Å². The van der Waals surface area contributed by atoms with E-state index >= 15 is 0 Å². The van der Waals surface area contributed by atoms with Crippen molar-refractivity contribution in [1.82, 2.24) is 0 Å². The Morgan fingerprint density at radius 1 is 1.33 bits per heavy atom. The second kappa shape index (κ2) is 7.00. The van der Waals surface area contributed by atoms with E-state index in [1.165, 1.54) is 22.5 Å². The summed E-state index contributed by atoms with van der Waals surface area (Å²) in [5, 5.41) is 4.39. The fourth-order valence-corrected chi connectivity index (χ4v) is 4.04. The summed E-state index contributed by atoms with van der Waals surface area (Å²) in [6.07, 6.45) is 2.46. The number of carbonyl (C=O) groups is 1. The molecule has 0 bridgehead atoms. The largest absolute Gasteiger partial charge is 0.396 e. The molecule has 0 unspecified atom stereocenters. The maximum Gasteiger partial charge on any atom is 0.174 e. The molecule has 0 fully saturated rings. The van der Waals surface area contributed by atoms with Crippen molar-refractivity contribution in [2.24, 2.45) is 0 Å². The zero-order valence-electron chi connectivity index (χ0n) is 12.5. The molecule has 1 aromatic heterocycles. The Bertz CT molecular complexity index is 632. The molecule has 0 spiro atoms. The molecule has 0 atom stereocenters. The van der Waals surface area contributed by atoms with Gasteiger partial charge in [0.25, 0.3) is 0 Å². The standard InChI is InChI=1S/C16H20N2OS2/c1-4-12(19)14-13(17)15(20-3)16(21-14)18-9-11-7-5-10(2)6-8-11/h5-8,18H,4,9,17H2,1-3H3. The second-order valence-corrected chi connectivity index (χ2v) is 6.66. The van der Waals surface area contributed by atoms with Crippen molar-refractivity contribution < 1.29 is 4.79 Å². The van der Waals surface area contributed by atoms with Crippen LogP contribution in [0.1, 0.15) is 34.1 Å². The SMILES string of the molecule is CCC(=O)c1sc(NCc2ccc(C)cc2)c(SC)c1N. The number of ketones is 1. The third kappa shape index (κ3) is 3.60. The van der Waals surface area contributed by atoms with Crippen molar-refractivity contribution >= 4 is 39.6 Å². The van der Waals surface area contributed by atoms with Gasteiger partial charge in [-0.05, 0) is 18.7 Å². The first-order valence-electron chi connectivity index (χ1n) is 6.85. The number of hydrogen-bond donors (Lipinski definition) is 2. The van der Waals surface area contributed by atoms with Gasteiger partial charge in [0.1, 0.15) is 5.00 Å². The van der Waals surface area contributed by atoms with Crippen molar-refractivity contribution in [3.05, 3.63) is 40.3 Å². The molecule has 0 amide bonds. The highest BCUT2D eigenvalue weighted by molar-refractivity contribution is 7.99. The minimum atomic E-state index is 0.108. The Balaban J connectivity index is 2.19. The Morgan fingerprint density at radius 3 is 2.57 bits per heavy atom. The lowest BCUT2D eigenvalue weighted by Gasteiger charge is -2.06. The Hall–Kier alpha value is -1.46. The molecule has 2 rings (SSSR count). The molecular weight excluding hydrogens is 300 g/mol. The first-order chi connectivity index (χ1) is 10.1. The lowest BCUT2D eigenvalue weighted by atomic mass is 10.1. The van der Waals surface area contributed by atoms with Crippen molar-refractivity contribution in [1.29, 1.82) is 0 Å². The van der Waals surface area contributed by atoms with E-state index in [-0.39, 0.29) is 5.78 Å². The number of carbonyl (C=O) groups excluding carboxylic acids is 1. The lowest BCUT2D eigenvalue weighted by molar-refractivity contribution is 0.0992. The molecule has 0 radical (unpaired) electrons. The van der Waals surface area contributed by atoms with E-state index in [4.69, 9.17) is 5.73 Å². The number of thioether (sulfide) groups is 1. The molecule has 0 aliphatic heterocycles. The Morgan fingerprint density at radius 2 is 2.00 bits per heavy atom. The minimum absolute atomic E-state index is 0.108. The number of nitrogen functional groups attached to an aromatic ring is 1. The average Bonchev–Trinajstić information content (AvgIpc) is 2.82. The van der Waals surface area contributed by atoms with Gasteiger partial charge in [-0.1, -0.05) is 36.8 Å². The second-order valence-electron chi connectivity index (χ2n) is 4.82. The topological polar surface area (TPSA) is 55.1 Å². The number of nitrogens with two attached hydrogens (primary N) is 1. The van der Waals surface area contributed by atoms with Gasteiger partial charge in [-0.25, -0.2) is 0 Å². The van der Waals surface area contributed by atoms with Crippen LogP contribution in [-0.4, -0.2) is 12.0 Å². The van der Waals surface area contributed by atoms with Crippen LogP contribution in [0.4, 0.5) is 10.7 Å². The summed E-state index contributed by atoms with van der Waals surface area (Å²) in [6, 6.07) is 8.41. The van der Waals surface area contributed by atoms with E-state index in [2.05, 4.69) is 36.5 Å². The fourth-order valence-electron chi connectivity index (χ4n) is 2.00. The summed E-state index contributed by atoms with van der Waals surface area (Å²) in [6.45, 7) is 4.67. The quantitative estimate of drug-likeness (QED) is 0.605. The molecule has 2 aromatic rings. The summed E-state index contributed by atoms with van der Waals surface area (Å²) in [5.41, 5.74) is 9.19. The van der Waals surface area contributed by atoms with Crippen LogP contribution in [0.15, 0.2) is 29.2 Å². The summed E-state index contributed by atoms with van der Waals surface area (Å²) >= 11 is 3.04. The van der Waals surface area contributed by atoms with Gasteiger partial charge in [-0.2, -0.15) is 0 Å². The maximum atomic E-state index is 11.9. The number of benzene rings is 1. The zero-order valence-corrected chi connectivity index (χ0v) is 14.2. The monoisotopic (exact) mass is 320 g/mol. The summed E-state index contributed by atoms with van der Waals surface area (Å²) < 4.78 is 0. The highest BCUT2D eigenvalue weighted by Gasteiger charge is 2.19. The molecule has 112 valence electrons. The van der Waals surface area contributed by atoms with E-state index in [1.54, 1.807) is 11.8 Å². The molecular formula is C16H20N2OS2. The van der Waals surface area contributed by atoms with E-state index in [1.807, 2.05) is 13.2 Å². The molecule has 0 aliphatic rings. The van der Waals surface area contributed by atoms with Gasteiger partial charge in [0.2, 0.25) is 0 Å². The Kier molecular flexibility index (Phi) is 5.31. The summed E-state index contributed by atoms with van der Waals surface area (Å²) in [5.74, 6) is 0.108. The van der Waals surface area contributed by atoms with Crippen molar-refractivity contribution in [3.8, 4) is 0 Å². The van der Waals surface area contributed by atoms with Gasteiger partial charge in [0, 0.05) is 13.0 Å². The van der Waals surface area contributed by atoms with Gasteiger partial charge < -0.3 is 11.1 Å². The van der Waals surface area contributed by atoms with Crippen molar-refractivity contribution in [2.75, 3.05) is 17.3 Å². The van der Waals surface area contributed by atoms with Crippen LogP contribution < -0.4 is 11.1 Å². The van der Waals surface area contributed by atoms with Crippen LogP contribution in [0.25, 0.3) is 0 Å². The first kappa shape index (κ1) is 15.9. The van der Waals surface area contributed by atoms with Crippen LogP contribution in [0.3, 0.4) is 0 Å². The summed E-state index contributed by atoms with van der Waals surface area (Å²) in [7, 11) is 0. The summed E-state index contributed by atoms with van der Waals surface area (Å²) in [4.78, 5) is 13.6. The zero-order chi connectivity index (χ0) is 15.4. The molecule has 0 aliphatic carbocycles. The normalized spacial score (nSPS) is 10.6. The number of aryl methyl sites for hydroxylation is 1. The highest BCUT2D eigenvalue weighted by atomic mass is 32.2.